The largest absolute Gasteiger partial charge is 0.416 e. The number of benzene rings is 1. The Morgan fingerprint density at radius 3 is 2.48 bits per heavy atom. The number of alkyl halides is 3. The number of halogens is 4. The average Bonchev–Trinajstić information content (AvgIpc) is 3.47. The molecule has 2 aliphatic rings. The average molecular weight is 525 g/mol. The van der Waals surface area contributed by atoms with Crippen LogP contribution in [0.5, 0.6) is 0 Å². The van der Waals surface area contributed by atoms with Crippen molar-refractivity contribution in [2.24, 2.45) is 4.99 Å². The highest BCUT2D eigenvalue weighted by Gasteiger charge is 2.45. The van der Waals surface area contributed by atoms with Gasteiger partial charge in [0.05, 0.1) is 18.2 Å². The zero-order valence-corrected chi connectivity index (χ0v) is 19.4. The molecule has 3 rings (SSSR count). The molecule has 0 amide bonds. The zero-order valence-electron chi connectivity index (χ0n) is 17.1. The van der Waals surface area contributed by atoms with Gasteiger partial charge in [0.1, 0.15) is 0 Å². The van der Waals surface area contributed by atoms with Crippen LogP contribution in [-0.2, 0) is 16.3 Å². The first kappa shape index (κ1) is 24.2. The van der Waals surface area contributed by atoms with Crippen molar-refractivity contribution < 1.29 is 17.9 Å². The molecule has 1 aliphatic heterocycles. The number of nitrogens with one attached hydrogen (secondary N) is 1. The Morgan fingerprint density at radius 2 is 1.93 bits per heavy atom. The quantitative estimate of drug-likeness (QED) is 0.329. The second-order valence-corrected chi connectivity index (χ2v) is 7.67. The SMILES string of the molecule is CCNC(=NCC1(c2cccc(C(F)(F)F)c2)CC1)N1CCC(OCC)CC1.I. The van der Waals surface area contributed by atoms with Gasteiger partial charge in [0, 0.05) is 31.7 Å². The number of aliphatic imine (C=N–C) groups is 1. The lowest BCUT2D eigenvalue weighted by Crippen LogP contribution is -2.47. The minimum absolute atomic E-state index is 0. The van der Waals surface area contributed by atoms with E-state index in [1.54, 1.807) is 6.07 Å². The van der Waals surface area contributed by atoms with Gasteiger partial charge in [-0.05, 0) is 51.2 Å². The molecule has 1 aromatic rings. The second kappa shape index (κ2) is 10.3. The van der Waals surface area contributed by atoms with Gasteiger partial charge in [0.2, 0.25) is 0 Å². The third-order valence-corrected chi connectivity index (χ3v) is 5.67. The summed E-state index contributed by atoms with van der Waals surface area (Å²) in [6.45, 7) is 7.82. The molecule has 0 spiro atoms. The van der Waals surface area contributed by atoms with E-state index >= 15 is 0 Å². The summed E-state index contributed by atoms with van der Waals surface area (Å²) in [5, 5.41) is 3.34. The molecule has 0 aromatic heterocycles. The molecule has 1 aliphatic carbocycles. The lowest BCUT2D eigenvalue weighted by Gasteiger charge is -2.34. The van der Waals surface area contributed by atoms with E-state index in [9.17, 15) is 13.2 Å². The Balaban J connectivity index is 0.00000300. The number of rotatable bonds is 6. The van der Waals surface area contributed by atoms with Crippen LogP contribution in [-0.4, -0.2) is 49.7 Å². The summed E-state index contributed by atoms with van der Waals surface area (Å²) < 4.78 is 44.9. The maximum Gasteiger partial charge on any atom is 0.416 e. The van der Waals surface area contributed by atoms with Crippen LogP contribution >= 0.6 is 24.0 Å². The molecule has 2 fully saturated rings. The van der Waals surface area contributed by atoms with Crippen LogP contribution in [0.3, 0.4) is 0 Å². The predicted octanol–water partition coefficient (Wildman–Crippen LogP) is 4.82. The van der Waals surface area contributed by atoms with Crippen LogP contribution in [0.15, 0.2) is 29.3 Å². The first-order chi connectivity index (χ1) is 13.4. The van der Waals surface area contributed by atoms with Crippen molar-refractivity contribution in [2.45, 2.75) is 57.2 Å². The fourth-order valence-corrected chi connectivity index (χ4v) is 3.84. The topological polar surface area (TPSA) is 36.9 Å². The van der Waals surface area contributed by atoms with Crippen LogP contribution in [0, 0.1) is 0 Å². The van der Waals surface area contributed by atoms with Gasteiger partial charge in [-0.2, -0.15) is 13.2 Å². The zero-order chi connectivity index (χ0) is 20.2. The van der Waals surface area contributed by atoms with Gasteiger partial charge in [-0.15, -0.1) is 24.0 Å². The molecule has 29 heavy (non-hydrogen) atoms. The van der Waals surface area contributed by atoms with Crippen molar-refractivity contribution in [1.82, 2.24) is 10.2 Å². The van der Waals surface area contributed by atoms with Gasteiger partial charge in [-0.25, -0.2) is 0 Å². The van der Waals surface area contributed by atoms with E-state index in [1.807, 2.05) is 13.8 Å². The molecule has 8 heteroatoms. The summed E-state index contributed by atoms with van der Waals surface area (Å²) in [6, 6.07) is 5.74. The minimum atomic E-state index is -4.31. The predicted molar refractivity (Wildman–Crippen MR) is 120 cm³/mol. The fraction of sp³-hybridized carbons (Fsp3) is 0.667. The number of hydrogen-bond donors (Lipinski definition) is 1. The van der Waals surface area contributed by atoms with Crippen LogP contribution in [0.25, 0.3) is 0 Å². The normalized spacial score (nSPS) is 19.6. The monoisotopic (exact) mass is 525 g/mol. The maximum atomic E-state index is 13.1. The van der Waals surface area contributed by atoms with E-state index in [0.717, 1.165) is 69.5 Å². The van der Waals surface area contributed by atoms with E-state index in [4.69, 9.17) is 9.73 Å². The molecule has 1 saturated carbocycles. The summed E-state index contributed by atoms with van der Waals surface area (Å²) >= 11 is 0. The number of guanidine groups is 1. The number of likely N-dealkylation sites (tertiary alicyclic amines) is 1. The molecule has 1 N–H and O–H groups in total. The lowest BCUT2D eigenvalue weighted by atomic mass is 9.94. The summed E-state index contributed by atoms with van der Waals surface area (Å²) in [5.74, 6) is 0.857. The molecule has 1 heterocycles. The van der Waals surface area contributed by atoms with Crippen molar-refractivity contribution in [2.75, 3.05) is 32.8 Å². The lowest BCUT2D eigenvalue weighted by molar-refractivity contribution is -0.137. The molecule has 164 valence electrons. The minimum Gasteiger partial charge on any atom is -0.378 e. The van der Waals surface area contributed by atoms with E-state index in [2.05, 4.69) is 10.2 Å². The molecular formula is C21H31F3IN3O. The van der Waals surface area contributed by atoms with Crippen molar-refractivity contribution in [3.63, 3.8) is 0 Å². The highest BCUT2D eigenvalue weighted by atomic mass is 127. The third kappa shape index (κ3) is 6.23. The highest BCUT2D eigenvalue weighted by Crippen LogP contribution is 2.49. The van der Waals surface area contributed by atoms with E-state index < -0.39 is 11.7 Å². The summed E-state index contributed by atoms with van der Waals surface area (Å²) in [4.78, 5) is 7.06. The van der Waals surface area contributed by atoms with Crippen molar-refractivity contribution in [3.05, 3.63) is 35.4 Å². The third-order valence-electron chi connectivity index (χ3n) is 5.67. The van der Waals surface area contributed by atoms with Gasteiger partial charge in [0.15, 0.2) is 5.96 Å². The molecule has 0 atom stereocenters. The van der Waals surface area contributed by atoms with E-state index in [-0.39, 0.29) is 29.4 Å². The Morgan fingerprint density at radius 1 is 1.24 bits per heavy atom. The molecule has 1 saturated heterocycles. The van der Waals surface area contributed by atoms with E-state index in [0.29, 0.717) is 12.6 Å². The van der Waals surface area contributed by atoms with Crippen molar-refractivity contribution >= 4 is 29.9 Å². The number of piperidine rings is 1. The molecule has 0 unspecified atom stereocenters. The highest BCUT2D eigenvalue weighted by molar-refractivity contribution is 14.0. The number of nitrogens with zero attached hydrogens (tertiary/aromatic N) is 2. The summed E-state index contributed by atoms with van der Waals surface area (Å²) in [5.41, 5.74) is -0.0897. The number of ether oxygens (including phenoxy) is 1. The van der Waals surface area contributed by atoms with Crippen molar-refractivity contribution in [1.29, 1.82) is 0 Å². The Hall–Kier alpha value is -1.03. The van der Waals surface area contributed by atoms with Crippen molar-refractivity contribution in [3.8, 4) is 0 Å². The molecule has 0 radical (unpaired) electrons. The Kier molecular flexibility index (Phi) is 8.63. The molecule has 0 bridgehead atoms. The Labute approximate surface area is 188 Å². The van der Waals surface area contributed by atoms with Gasteiger partial charge in [-0.3, -0.25) is 4.99 Å². The summed E-state index contributed by atoms with van der Waals surface area (Å²) in [6.07, 6.45) is -0.305. The van der Waals surface area contributed by atoms with Crippen LogP contribution in [0.4, 0.5) is 13.2 Å². The summed E-state index contributed by atoms with van der Waals surface area (Å²) in [7, 11) is 0. The first-order valence-electron chi connectivity index (χ1n) is 10.2. The van der Waals surface area contributed by atoms with Gasteiger partial charge >= 0.3 is 6.18 Å². The Bertz CT molecular complexity index is 684. The molecular weight excluding hydrogens is 494 g/mol. The fourth-order valence-electron chi connectivity index (χ4n) is 3.84. The standard InChI is InChI=1S/C21H30F3N3O.HI/c1-3-25-19(27-12-8-18(9-13-27)28-4-2)26-15-20(10-11-20)16-6-5-7-17(14-16)21(22,23)24;/h5-7,14,18H,3-4,8-13,15H2,1-2H3,(H,25,26);1H. The maximum absolute atomic E-state index is 13.1. The van der Waals surface area contributed by atoms with Gasteiger partial charge in [-0.1, -0.05) is 18.2 Å². The van der Waals surface area contributed by atoms with E-state index in [1.165, 1.54) is 12.1 Å². The smallest absolute Gasteiger partial charge is 0.378 e. The second-order valence-electron chi connectivity index (χ2n) is 7.67. The van der Waals surface area contributed by atoms with Crippen LogP contribution < -0.4 is 5.32 Å². The van der Waals surface area contributed by atoms with Gasteiger partial charge < -0.3 is 15.0 Å². The van der Waals surface area contributed by atoms with Crippen LogP contribution in [0.1, 0.15) is 50.7 Å². The van der Waals surface area contributed by atoms with Crippen LogP contribution in [0.2, 0.25) is 0 Å². The number of hydrogen-bond acceptors (Lipinski definition) is 2. The molecule has 1 aromatic carbocycles. The first-order valence-corrected chi connectivity index (χ1v) is 10.2. The van der Waals surface area contributed by atoms with Gasteiger partial charge in [0.25, 0.3) is 0 Å². The molecule has 4 nitrogen and oxygen atoms in total.